The van der Waals surface area contributed by atoms with Crippen molar-refractivity contribution in [1.82, 2.24) is 4.98 Å². The van der Waals surface area contributed by atoms with Crippen LogP contribution in [0.25, 0.3) is 0 Å². The highest BCUT2D eigenvalue weighted by molar-refractivity contribution is 9.11. The Bertz CT molecular complexity index is 749. The molecular weight excluding hydrogens is 408 g/mol. The molecule has 1 N–H and O–H groups in total. The van der Waals surface area contributed by atoms with Crippen molar-refractivity contribution in [3.8, 4) is 0 Å². The summed E-state index contributed by atoms with van der Waals surface area (Å²) in [6.07, 6.45) is 1.71. The number of ketones is 1. The van der Waals surface area contributed by atoms with E-state index < -0.39 is 11.7 Å². The third-order valence-corrected chi connectivity index (χ3v) is 5.60. The molecule has 0 fully saturated rings. The smallest absolute Gasteiger partial charge is 0.296 e. The number of nitrogens with one attached hydrogen (secondary N) is 1. The quantitative estimate of drug-likeness (QED) is 0.758. The number of benzene rings is 1. The molecule has 0 unspecified atom stereocenters. The summed E-state index contributed by atoms with van der Waals surface area (Å²) in [4.78, 5) is 28.1. The Labute approximate surface area is 135 Å². The molecule has 0 atom stereocenters. The third kappa shape index (κ3) is 2.41. The monoisotopic (exact) mass is 412 g/mol. The predicted molar refractivity (Wildman–Crippen MR) is 83.2 cm³/mol. The summed E-state index contributed by atoms with van der Waals surface area (Å²) in [5.74, 6) is -1.09. The van der Waals surface area contributed by atoms with Crippen molar-refractivity contribution in [3.05, 3.63) is 45.0 Å². The molecule has 1 aromatic carbocycles. The van der Waals surface area contributed by atoms with E-state index in [1.54, 1.807) is 18.3 Å². The largest absolute Gasteiger partial charge is 0.318 e. The summed E-state index contributed by atoms with van der Waals surface area (Å²) in [6, 6.07) is 7.18. The molecule has 1 aliphatic rings. The van der Waals surface area contributed by atoms with E-state index >= 15 is 0 Å². The van der Waals surface area contributed by atoms with Crippen molar-refractivity contribution in [2.45, 2.75) is 9.92 Å². The minimum absolute atomic E-state index is 0.395. The van der Waals surface area contributed by atoms with E-state index in [1.165, 1.54) is 11.8 Å². The number of amides is 1. The fraction of sp³-hybridized carbons (Fsp3) is 0. The number of hydrogen-bond donors (Lipinski definition) is 1. The second-order valence-corrected chi connectivity index (χ2v) is 6.74. The first-order valence-electron chi connectivity index (χ1n) is 5.54. The number of nitrogens with zero attached hydrogens (tertiary/aromatic N) is 1. The van der Waals surface area contributed by atoms with Crippen LogP contribution >= 0.6 is 43.6 Å². The van der Waals surface area contributed by atoms with Gasteiger partial charge in [-0.1, -0.05) is 11.8 Å². The van der Waals surface area contributed by atoms with Gasteiger partial charge in [0.2, 0.25) is 0 Å². The first kappa shape index (κ1) is 13.8. The zero-order chi connectivity index (χ0) is 14.3. The number of hydrogen-bond acceptors (Lipinski definition) is 4. The molecule has 0 radical (unpaired) electrons. The van der Waals surface area contributed by atoms with E-state index in [2.05, 4.69) is 42.2 Å². The van der Waals surface area contributed by atoms with Gasteiger partial charge in [-0.2, -0.15) is 0 Å². The van der Waals surface area contributed by atoms with E-state index in [9.17, 15) is 9.59 Å². The second kappa shape index (κ2) is 5.31. The van der Waals surface area contributed by atoms with E-state index in [1.807, 2.05) is 12.1 Å². The van der Waals surface area contributed by atoms with Gasteiger partial charge in [-0.3, -0.25) is 9.59 Å². The third-order valence-electron chi connectivity index (χ3n) is 2.70. The van der Waals surface area contributed by atoms with Crippen LogP contribution < -0.4 is 5.32 Å². The Kier molecular flexibility index (Phi) is 3.66. The Balaban J connectivity index is 2.01. The number of carbonyl (C=O) groups is 2. The minimum Gasteiger partial charge on any atom is -0.318 e. The van der Waals surface area contributed by atoms with Gasteiger partial charge in [-0.05, 0) is 56.1 Å². The molecule has 1 amide bonds. The van der Waals surface area contributed by atoms with Crippen molar-refractivity contribution in [2.75, 3.05) is 5.32 Å². The van der Waals surface area contributed by atoms with Crippen LogP contribution in [0.15, 0.2) is 49.3 Å². The van der Waals surface area contributed by atoms with Gasteiger partial charge in [0, 0.05) is 15.6 Å². The van der Waals surface area contributed by atoms with Gasteiger partial charge in [0.1, 0.15) is 5.03 Å². The topological polar surface area (TPSA) is 59.1 Å². The minimum atomic E-state index is -0.590. The maximum absolute atomic E-state index is 11.6. The molecule has 2 heterocycles. The normalized spacial score (nSPS) is 13.3. The van der Waals surface area contributed by atoms with Gasteiger partial charge < -0.3 is 5.32 Å². The second-order valence-electron chi connectivity index (χ2n) is 4.00. The van der Waals surface area contributed by atoms with E-state index in [4.69, 9.17) is 0 Å². The van der Waals surface area contributed by atoms with E-state index in [0.717, 1.165) is 18.9 Å². The number of carbonyl (C=O) groups excluding carboxylic acids is 2. The molecule has 1 aromatic heterocycles. The first-order valence-corrected chi connectivity index (χ1v) is 7.94. The molecule has 0 aliphatic carbocycles. The van der Waals surface area contributed by atoms with Crippen molar-refractivity contribution >= 4 is 61.0 Å². The lowest BCUT2D eigenvalue weighted by Gasteiger charge is -2.07. The molecular formula is C13H6Br2N2O2S. The van der Waals surface area contributed by atoms with Crippen molar-refractivity contribution in [1.29, 1.82) is 0 Å². The molecule has 0 spiro atoms. The first-order chi connectivity index (χ1) is 9.56. The summed E-state index contributed by atoms with van der Waals surface area (Å²) in [7, 11) is 0. The van der Waals surface area contributed by atoms with Crippen LogP contribution in [0.1, 0.15) is 10.4 Å². The Morgan fingerprint density at radius 3 is 2.70 bits per heavy atom. The van der Waals surface area contributed by atoms with Gasteiger partial charge in [0.25, 0.3) is 11.7 Å². The highest BCUT2D eigenvalue weighted by Crippen LogP contribution is 2.39. The molecule has 0 saturated heterocycles. The lowest BCUT2D eigenvalue weighted by molar-refractivity contribution is -0.112. The lowest BCUT2D eigenvalue weighted by atomic mass is 10.1. The molecule has 0 saturated carbocycles. The van der Waals surface area contributed by atoms with Gasteiger partial charge in [-0.15, -0.1) is 0 Å². The molecule has 7 heteroatoms. The van der Waals surface area contributed by atoms with Gasteiger partial charge in [-0.25, -0.2) is 4.98 Å². The van der Waals surface area contributed by atoms with Crippen molar-refractivity contribution < 1.29 is 9.59 Å². The van der Waals surface area contributed by atoms with Crippen LogP contribution in [0.2, 0.25) is 0 Å². The Hall–Kier alpha value is -1.18. The van der Waals surface area contributed by atoms with Crippen LogP contribution in [0.3, 0.4) is 0 Å². The maximum atomic E-state index is 11.6. The Morgan fingerprint density at radius 2 is 1.95 bits per heavy atom. The number of fused-ring (bicyclic) bond motifs is 1. The molecule has 1 aliphatic heterocycles. The fourth-order valence-corrected chi connectivity index (χ4v) is 3.68. The SMILES string of the molecule is O=C1Nc2cc(Sc3ncccc3Br)c(Br)cc2C1=O. The zero-order valence-corrected chi connectivity index (χ0v) is 13.8. The molecule has 100 valence electrons. The highest BCUT2D eigenvalue weighted by Gasteiger charge is 2.29. The average Bonchev–Trinajstić information content (AvgIpc) is 2.69. The average molecular weight is 414 g/mol. The fourth-order valence-electron chi connectivity index (χ4n) is 1.77. The van der Waals surface area contributed by atoms with E-state index in [0.29, 0.717) is 11.3 Å². The molecule has 2 aromatic rings. The molecule has 20 heavy (non-hydrogen) atoms. The molecule has 3 rings (SSSR count). The molecule has 4 nitrogen and oxygen atoms in total. The standard InChI is InChI=1S/C13H6Br2N2O2S/c14-7-2-1-3-16-13(7)20-10-5-9-6(4-8(10)15)11(18)12(19)17-9/h1-5H,(H,17,18,19). The number of aromatic nitrogens is 1. The summed E-state index contributed by atoms with van der Waals surface area (Å²) in [5.41, 5.74) is 0.934. The predicted octanol–water partition coefficient (Wildman–Crippen LogP) is 3.89. The summed E-state index contributed by atoms with van der Waals surface area (Å²) in [6.45, 7) is 0. The number of pyridine rings is 1. The highest BCUT2D eigenvalue weighted by atomic mass is 79.9. The zero-order valence-electron chi connectivity index (χ0n) is 9.81. The van der Waals surface area contributed by atoms with Crippen LogP contribution in [0.5, 0.6) is 0 Å². The summed E-state index contributed by atoms with van der Waals surface area (Å²) in [5, 5.41) is 3.37. The number of Topliss-reactive ketones (excluding diaryl/α,β-unsaturated/α-hetero) is 1. The number of anilines is 1. The summed E-state index contributed by atoms with van der Waals surface area (Å²) < 4.78 is 1.64. The van der Waals surface area contributed by atoms with Crippen molar-refractivity contribution in [3.63, 3.8) is 0 Å². The van der Waals surface area contributed by atoms with Crippen LogP contribution in [0.4, 0.5) is 5.69 Å². The number of halogens is 2. The van der Waals surface area contributed by atoms with E-state index in [-0.39, 0.29) is 0 Å². The van der Waals surface area contributed by atoms with Crippen molar-refractivity contribution in [2.24, 2.45) is 0 Å². The molecule has 0 bridgehead atoms. The van der Waals surface area contributed by atoms with Crippen LogP contribution in [0, 0.1) is 0 Å². The maximum Gasteiger partial charge on any atom is 0.296 e. The van der Waals surface area contributed by atoms with Crippen LogP contribution in [-0.2, 0) is 4.79 Å². The number of rotatable bonds is 2. The lowest BCUT2D eigenvalue weighted by Crippen LogP contribution is -2.12. The van der Waals surface area contributed by atoms with Gasteiger partial charge in [0.05, 0.1) is 15.7 Å². The summed E-state index contributed by atoms with van der Waals surface area (Å²) >= 11 is 8.30. The van der Waals surface area contributed by atoms with Crippen LogP contribution in [-0.4, -0.2) is 16.7 Å². The van der Waals surface area contributed by atoms with Gasteiger partial charge >= 0.3 is 0 Å². The van der Waals surface area contributed by atoms with Gasteiger partial charge in [0.15, 0.2) is 0 Å². The Morgan fingerprint density at radius 1 is 1.15 bits per heavy atom.